The van der Waals surface area contributed by atoms with Crippen LogP contribution >= 0.6 is 11.3 Å². The zero-order valence-corrected chi connectivity index (χ0v) is 17.2. The van der Waals surface area contributed by atoms with Crippen LogP contribution < -0.4 is 4.18 Å². The zero-order chi connectivity index (χ0) is 21.0. The normalized spacial score (nSPS) is 11.1. The molecule has 0 aliphatic carbocycles. The van der Waals surface area contributed by atoms with Gasteiger partial charge in [0.1, 0.15) is 14.8 Å². The van der Waals surface area contributed by atoms with Crippen molar-refractivity contribution >= 4 is 33.7 Å². The standard InChI is InChI=1S/C20H17NO6S2/c1-3-26-20(23)18-13(2)21-19(28-18)14-9-10-17(15(11-14)12-22)27-29(24,25)16-7-5-4-6-8-16/h4-12H,3H2,1-2H3. The topological polar surface area (TPSA) is 99.6 Å². The van der Waals surface area contributed by atoms with Gasteiger partial charge in [-0.15, -0.1) is 11.3 Å². The van der Waals surface area contributed by atoms with Crippen molar-refractivity contribution in [3.05, 3.63) is 64.7 Å². The van der Waals surface area contributed by atoms with Crippen LogP contribution in [-0.4, -0.2) is 32.3 Å². The second kappa shape index (κ2) is 8.54. The van der Waals surface area contributed by atoms with Gasteiger partial charge in [0, 0.05) is 5.56 Å². The number of aryl methyl sites for hydroxylation is 1. The molecule has 0 fully saturated rings. The smallest absolute Gasteiger partial charge is 0.350 e. The monoisotopic (exact) mass is 431 g/mol. The molecule has 9 heteroatoms. The number of hydrogen-bond acceptors (Lipinski definition) is 8. The molecule has 0 radical (unpaired) electrons. The molecule has 0 saturated heterocycles. The van der Waals surface area contributed by atoms with Gasteiger partial charge in [-0.25, -0.2) is 9.78 Å². The fourth-order valence-corrected chi connectivity index (χ4v) is 4.44. The first kappa shape index (κ1) is 20.7. The van der Waals surface area contributed by atoms with E-state index in [0.29, 0.717) is 27.4 Å². The molecule has 0 aliphatic heterocycles. The summed E-state index contributed by atoms with van der Waals surface area (Å²) in [4.78, 5) is 28.2. The van der Waals surface area contributed by atoms with Crippen LogP contribution in [0.1, 0.15) is 32.6 Å². The molecular weight excluding hydrogens is 414 g/mol. The predicted octanol–water partition coefficient (Wildman–Crippen LogP) is 3.88. The lowest BCUT2D eigenvalue weighted by Gasteiger charge is -2.09. The highest BCUT2D eigenvalue weighted by Gasteiger charge is 2.21. The van der Waals surface area contributed by atoms with Crippen molar-refractivity contribution in [2.75, 3.05) is 6.61 Å². The third-order valence-corrected chi connectivity index (χ3v) is 6.31. The molecule has 29 heavy (non-hydrogen) atoms. The molecule has 3 aromatic rings. The summed E-state index contributed by atoms with van der Waals surface area (Å²) >= 11 is 1.14. The molecule has 0 saturated carbocycles. The van der Waals surface area contributed by atoms with Crippen molar-refractivity contribution in [2.24, 2.45) is 0 Å². The van der Waals surface area contributed by atoms with Gasteiger partial charge in [0.05, 0.1) is 17.9 Å². The number of carbonyl (C=O) groups excluding carboxylic acids is 2. The van der Waals surface area contributed by atoms with Crippen LogP contribution in [0.4, 0.5) is 0 Å². The Labute approximate surface area is 172 Å². The van der Waals surface area contributed by atoms with Crippen molar-refractivity contribution in [1.82, 2.24) is 4.98 Å². The van der Waals surface area contributed by atoms with Gasteiger partial charge >= 0.3 is 16.1 Å². The van der Waals surface area contributed by atoms with Crippen molar-refractivity contribution < 1.29 is 26.9 Å². The molecule has 0 aliphatic rings. The molecule has 0 atom stereocenters. The van der Waals surface area contributed by atoms with Gasteiger partial charge in [-0.05, 0) is 44.2 Å². The summed E-state index contributed by atoms with van der Waals surface area (Å²) < 4.78 is 35.0. The Kier molecular flexibility index (Phi) is 6.09. The van der Waals surface area contributed by atoms with E-state index in [9.17, 15) is 18.0 Å². The number of ether oxygens (including phenoxy) is 1. The molecule has 0 amide bonds. The molecule has 0 bridgehead atoms. The summed E-state index contributed by atoms with van der Waals surface area (Å²) in [6.45, 7) is 3.66. The Morgan fingerprint density at radius 3 is 2.55 bits per heavy atom. The summed E-state index contributed by atoms with van der Waals surface area (Å²) in [5.41, 5.74) is 1.12. The van der Waals surface area contributed by atoms with Crippen LogP contribution in [0.25, 0.3) is 10.6 Å². The SMILES string of the molecule is CCOC(=O)c1sc(-c2ccc(OS(=O)(=O)c3ccccc3)c(C=O)c2)nc1C. The van der Waals surface area contributed by atoms with Gasteiger partial charge in [0.25, 0.3) is 0 Å². The van der Waals surface area contributed by atoms with E-state index in [2.05, 4.69) is 4.98 Å². The number of benzene rings is 2. The number of aldehydes is 1. The lowest BCUT2D eigenvalue weighted by Crippen LogP contribution is -2.10. The van der Waals surface area contributed by atoms with Crippen molar-refractivity contribution in [1.29, 1.82) is 0 Å². The second-order valence-corrected chi connectivity index (χ2v) is 8.42. The summed E-state index contributed by atoms with van der Waals surface area (Å²) in [6.07, 6.45) is 0.506. The third kappa shape index (κ3) is 4.52. The van der Waals surface area contributed by atoms with Gasteiger partial charge in [-0.1, -0.05) is 18.2 Å². The minimum atomic E-state index is -4.08. The summed E-state index contributed by atoms with van der Waals surface area (Å²) in [7, 11) is -4.08. The number of esters is 1. The molecule has 1 heterocycles. The highest BCUT2D eigenvalue weighted by Crippen LogP contribution is 2.32. The Bertz CT molecular complexity index is 1150. The minimum absolute atomic E-state index is 0.0180. The maximum atomic E-state index is 12.4. The first-order valence-corrected chi connectivity index (χ1v) is 10.8. The Morgan fingerprint density at radius 2 is 1.90 bits per heavy atom. The van der Waals surface area contributed by atoms with Crippen LogP contribution in [0, 0.1) is 6.92 Å². The molecule has 7 nitrogen and oxygen atoms in total. The molecule has 0 unspecified atom stereocenters. The largest absolute Gasteiger partial charge is 0.462 e. The summed E-state index contributed by atoms with van der Waals surface area (Å²) in [5, 5.41) is 0.506. The Balaban J connectivity index is 1.93. The molecule has 3 rings (SSSR count). The highest BCUT2D eigenvalue weighted by atomic mass is 32.2. The number of rotatable bonds is 7. The molecule has 2 aromatic carbocycles. The highest BCUT2D eigenvalue weighted by molar-refractivity contribution is 7.87. The number of carbonyl (C=O) groups is 2. The van der Waals surface area contributed by atoms with Crippen LogP contribution in [0.2, 0.25) is 0 Å². The Hall–Kier alpha value is -3.04. The lowest BCUT2D eigenvalue weighted by atomic mass is 10.1. The fourth-order valence-electron chi connectivity index (χ4n) is 2.51. The van der Waals surface area contributed by atoms with E-state index in [0.717, 1.165) is 11.3 Å². The molecule has 0 N–H and O–H groups in total. The van der Waals surface area contributed by atoms with Gasteiger partial charge in [0.15, 0.2) is 12.0 Å². The van der Waals surface area contributed by atoms with Crippen molar-refractivity contribution in [3.63, 3.8) is 0 Å². The number of aromatic nitrogens is 1. The lowest BCUT2D eigenvalue weighted by molar-refractivity contribution is 0.0531. The average Bonchev–Trinajstić information content (AvgIpc) is 3.10. The van der Waals surface area contributed by atoms with Gasteiger partial charge in [-0.3, -0.25) is 4.79 Å². The maximum Gasteiger partial charge on any atom is 0.350 e. The van der Waals surface area contributed by atoms with Crippen LogP contribution in [0.3, 0.4) is 0 Å². The summed E-state index contributed by atoms with van der Waals surface area (Å²) in [5.74, 6) is -0.551. The molecule has 0 spiro atoms. The first-order valence-electron chi connectivity index (χ1n) is 8.59. The van der Waals surface area contributed by atoms with E-state index in [1.165, 1.54) is 24.3 Å². The van der Waals surface area contributed by atoms with E-state index in [1.54, 1.807) is 38.1 Å². The van der Waals surface area contributed by atoms with Gasteiger partial charge < -0.3 is 8.92 Å². The number of thiazole rings is 1. The molecule has 150 valence electrons. The van der Waals surface area contributed by atoms with E-state index in [4.69, 9.17) is 8.92 Å². The van der Waals surface area contributed by atoms with E-state index >= 15 is 0 Å². The van der Waals surface area contributed by atoms with Crippen molar-refractivity contribution in [3.8, 4) is 16.3 Å². The van der Waals surface area contributed by atoms with E-state index in [1.807, 2.05) is 0 Å². The summed E-state index contributed by atoms with van der Waals surface area (Å²) in [6, 6.07) is 12.1. The average molecular weight is 431 g/mol. The number of nitrogens with zero attached hydrogens (tertiary/aromatic N) is 1. The van der Waals surface area contributed by atoms with Crippen LogP contribution in [-0.2, 0) is 14.9 Å². The quantitative estimate of drug-likeness (QED) is 0.318. The number of hydrogen-bond donors (Lipinski definition) is 0. The fraction of sp³-hybridized carbons (Fsp3) is 0.150. The zero-order valence-electron chi connectivity index (χ0n) is 15.6. The van der Waals surface area contributed by atoms with Gasteiger partial charge in [0.2, 0.25) is 0 Å². The van der Waals surface area contributed by atoms with E-state index < -0.39 is 16.1 Å². The van der Waals surface area contributed by atoms with Gasteiger partial charge in [-0.2, -0.15) is 8.42 Å². The van der Waals surface area contributed by atoms with E-state index in [-0.39, 0.29) is 22.8 Å². The first-order chi connectivity index (χ1) is 13.9. The van der Waals surface area contributed by atoms with Crippen LogP contribution in [0.5, 0.6) is 5.75 Å². The minimum Gasteiger partial charge on any atom is -0.462 e. The third-order valence-electron chi connectivity index (χ3n) is 3.87. The van der Waals surface area contributed by atoms with Crippen molar-refractivity contribution in [2.45, 2.75) is 18.7 Å². The second-order valence-electron chi connectivity index (χ2n) is 5.87. The predicted molar refractivity (Wildman–Crippen MR) is 108 cm³/mol. The maximum absolute atomic E-state index is 12.4. The molecular formula is C20H17NO6S2. The van der Waals surface area contributed by atoms with Crippen LogP contribution in [0.15, 0.2) is 53.4 Å². The molecule has 1 aromatic heterocycles. The Morgan fingerprint density at radius 1 is 1.17 bits per heavy atom.